The van der Waals surface area contributed by atoms with Gasteiger partial charge in [0.15, 0.2) is 0 Å². The first-order valence-corrected chi connectivity index (χ1v) is 13.2. The maximum Gasteiger partial charge on any atom is 0.339 e. The predicted molar refractivity (Wildman–Crippen MR) is 135 cm³/mol. The molecule has 0 unspecified atom stereocenters. The fourth-order valence-electron chi connectivity index (χ4n) is 4.50. The number of benzene rings is 3. The van der Waals surface area contributed by atoms with Crippen molar-refractivity contribution in [3.8, 4) is 5.75 Å². The number of carbonyl (C=O) groups excluding carboxylic acids is 1. The van der Waals surface area contributed by atoms with Crippen LogP contribution in [0.4, 0.5) is 0 Å². The SMILES string of the molecule is Cc1ccc(S(=O)(=O)N[C@H](C(=O)Oc2ccc3c4c(c(=O)oc3c2)CCCC4)c2ccccc2)cc1. The fraction of sp³-hybridized carbons (Fsp3) is 0.214. The van der Waals surface area contributed by atoms with E-state index in [1.807, 2.05) is 6.92 Å². The summed E-state index contributed by atoms with van der Waals surface area (Å²) in [5.41, 5.74) is 3.01. The molecule has 1 aromatic heterocycles. The highest BCUT2D eigenvalue weighted by atomic mass is 32.2. The van der Waals surface area contributed by atoms with Crippen LogP contribution in [-0.2, 0) is 27.7 Å². The van der Waals surface area contributed by atoms with Crippen molar-refractivity contribution in [3.05, 3.63) is 105 Å². The van der Waals surface area contributed by atoms with Crippen LogP contribution in [0, 0.1) is 6.92 Å². The van der Waals surface area contributed by atoms with Crippen LogP contribution in [0.5, 0.6) is 5.75 Å². The molecule has 5 rings (SSSR count). The number of fused-ring (bicyclic) bond motifs is 3. The van der Waals surface area contributed by atoms with Crippen LogP contribution in [0.2, 0.25) is 0 Å². The smallest absolute Gasteiger partial charge is 0.339 e. The molecule has 0 saturated heterocycles. The molecule has 0 fully saturated rings. The van der Waals surface area contributed by atoms with E-state index in [0.717, 1.165) is 35.8 Å². The molecule has 1 aliphatic rings. The van der Waals surface area contributed by atoms with Gasteiger partial charge >= 0.3 is 11.6 Å². The molecule has 1 aliphatic carbocycles. The number of hydrogen-bond donors (Lipinski definition) is 1. The van der Waals surface area contributed by atoms with E-state index >= 15 is 0 Å². The van der Waals surface area contributed by atoms with E-state index in [0.29, 0.717) is 23.1 Å². The zero-order valence-electron chi connectivity index (χ0n) is 19.7. The third kappa shape index (κ3) is 4.82. The molecule has 3 aromatic carbocycles. The van der Waals surface area contributed by atoms with Crippen LogP contribution >= 0.6 is 0 Å². The highest BCUT2D eigenvalue weighted by Crippen LogP contribution is 2.30. The average Bonchev–Trinajstić information content (AvgIpc) is 2.88. The van der Waals surface area contributed by atoms with Crippen molar-refractivity contribution in [2.45, 2.75) is 43.5 Å². The minimum atomic E-state index is -4.02. The van der Waals surface area contributed by atoms with E-state index < -0.39 is 22.0 Å². The molecule has 4 aromatic rings. The van der Waals surface area contributed by atoms with Crippen LogP contribution in [0.3, 0.4) is 0 Å². The van der Waals surface area contributed by atoms with E-state index in [4.69, 9.17) is 9.15 Å². The Morgan fingerprint density at radius 2 is 1.64 bits per heavy atom. The minimum Gasteiger partial charge on any atom is -0.425 e. The number of ether oxygens (including phenoxy) is 1. The molecule has 8 heteroatoms. The molecule has 1 N–H and O–H groups in total. The molecule has 0 spiro atoms. The summed E-state index contributed by atoms with van der Waals surface area (Å²) >= 11 is 0. The van der Waals surface area contributed by atoms with Gasteiger partial charge < -0.3 is 9.15 Å². The monoisotopic (exact) mass is 503 g/mol. The maximum atomic E-state index is 13.3. The lowest BCUT2D eigenvalue weighted by Crippen LogP contribution is -2.36. The van der Waals surface area contributed by atoms with Gasteiger partial charge in [-0.05, 0) is 68.0 Å². The van der Waals surface area contributed by atoms with Crippen molar-refractivity contribution in [3.63, 3.8) is 0 Å². The molecule has 1 heterocycles. The van der Waals surface area contributed by atoms with Crippen molar-refractivity contribution in [2.75, 3.05) is 0 Å². The molecule has 0 amide bonds. The summed E-state index contributed by atoms with van der Waals surface area (Å²) in [6, 6.07) is 18.4. The molecular formula is C28H25NO6S. The van der Waals surface area contributed by atoms with Crippen LogP contribution in [0.15, 0.2) is 86.9 Å². The number of nitrogens with one attached hydrogen (secondary N) is 1. The molecule has 1 atom stereocenters. The molecule has 0 saturated carbocycles. The van der Waals surface area contributed by atoms with Crippen LogP contribution in [-0.4, -0.2) is 14.4 Å². The lowest BCUT2D eigenvalue weighted by atomic mass is 9.91. The number of rotatable bonds is 6. The molecule has 0 radical (unpaired) electrons. The Kier molecular flexibility index (Phi) is 6.47. The maximum absolute atomic E-state index is 13.3. The van der Waals surface area contributed by atoms with Crippen molar-refractivity contribution >= 4 is 27.0 Å². The quantitative estimate of drug-likeness (QED) is 0.234. The zero-order chi connectivity index (χ0) is 25.3. The van der Waals surface area contributed by atoms with Crippen molar-refractivity contribution < 1.29 is 22.4 Å². The van der Waals surface area contributed by atoms with Gasteiger partial charge in [-0.25, -0.2) is 18.0 Å². The van der Waals surface area contributed by atoms with E-state index in [9.17, 15) is 18.0 Å². The number of hydrogen-bond acceptors (Lipinski definition) is 6. The molecule has 7 nitrogen and oxygen atoms in total. The first kappa shape index (κ1) is 24.0. The molecular weight excluding hydrogens is 478 g/mol. The van der Waals surface area contributed by atoms with Crippen molar-refractivity contribution in [2.24, 2.45) is 0 Å². The summed E-state index contributed by atoms with van der Waals surface area (Å²) < 4.78 is 39.7. The molecule has 0 aliphatic heterocycles. The highest BCUT2D eigenvalue weighted by molar-refractivity contribution is 7.89. The second kappa shape index (κ2) is 9.72. The molecule has 0 bridgehead atoms. The van der Waals surface area contributed by atoms with Gasteiger partial charge in [0.05, 0.1) is 4.90 Å². The van der Waals surface area contributed by atoms with Gasteiger partial charge in [0.2, 0.25) is 10.0 Å². The van der Waals surface area contributed by atoms with E-state index in [-0.39, 0.29) is 16.3 Å². The van der Waals surface area contributed by atoms with Gasteiger partial charge in [-0.2, -0.15) is 4.72 Å². The summed E-state index contributed by atoms with van der Waals surface area (Å²) in [5.74, 6) is -0.654. The van der Waals surface area contributed by atoms with Crippen LogP contribution < -0.4 is 15.1 Å². The van der Waals surface area contributed by atoms with E-state index in [2.05, 4.69) is 4.72 Å². The number of esters is 1. The Bertz CT molecular complexity index is 1590. The largest absolute Gasteiger partial charge is 0.425 e. The Labute approximate surface area is 208 Å². The molecule has 36 heavy (non-hydrogen) atoms. The first-order chi connectivity index (χ1) is 17.3. The van der Waals surface area contributed by atoms with Gasteiger partial charge in [0.1, 0.15) is 17.4 Å². The highest BCUT2D eigenvalue weighted by Gasteiger charge is 2.29. The van der Waals surface area contributed by atoms with Crippen LogP contribution in [0.25, 0.3) is 11.0 Å². The predicted octanol–water partition coefficient (Wildman–Crippen LogP) is 4.61. The Morgan fingerprint density at radius 3 is 2.36 bits per heavy atom. The number of carbonyl (C=O) groups is 1. The summed E-state index contributed by atoms with van der Waals surface area (Å²) in [4.78, 5) is 25.8. The lowest BCUT2D eigenvalue weighted by Gasteiger charge is -2.19. The minimum absolute atomic E-state index is 0.0408. The Hall–Kier alpha value is -3.75. The second-order valence-electron chi connectivity index (χ2n) is 8.91. The van der Waals surface area contributed by atoms with Gasteiger partial charge in [0, 0.05) is 17.0 Å². The number of aryl methyl sites for hydroxylation is 2. The van der Waals surface area contributed by atoms with Gasteiger partial charge in [0.25, 0.3) is 0 Å². The Morgan fingerprint density at radius 1 is 0.944 bits per heavy atom. The first-order valence-electron chi connectivity index (χ1n) is 11.8. The normalized spacial score (nSPS) is 14.2. The Balaban J connectivity index is 1.46. The third-order valence-electron chi connectivity index (χ3n) is 6.39. The van der Waals surface area contributed by atoms with Crippen molar-refractivity contribution in [1.82, 2.24) is 4.72 Å². The topological polar surface area (TPSA) is 103 Å². The summed E-state index contributed by atoms with van der Waals surface area (Å²) in [6.07, 6.45) is 3.46. The van der Waals surface area contributed by atoms with Gasteiger partial charge in [-0.15, -0.1) is 0 Å². The average molecular weight is 504 g/mol. The fourth-order valence-corrected chi connectivity index (χ4v) is 5.68. The lowest BCUT2D eigenvalue weighted by molar-refractivity contribution is -0.136. The standard InChI is InChI=1S/C28H25NO6S/c1-18-11-14-21(15-12-18)36(32,33)29-26(19-7-3-2-4-8-19)28(31)34-20-13-16-23-22-9-5-6-10-24(22)27(30)35-25(23)17-20/h2-4,7-8,11-17,26,29H,5-6,9-10H2,1H3/t26-/m0/s1. The second-order valence-corrected chi connectivity index (χ2v) is 10.6. The molecule has 184 valence electrons. The third-order valence-corrected chi connectivity index (χ3v) is 7.83. The van der Waals surface area contributed by atoms with E-state index in [1.165, 1.54) is 18.2 Å². The zero-order valence-corrected chi connectivity index (χ0v) is 20.5. The van der Waals surface area contributed by atoms with E-state index in [1.54, 1.807) is 54.6 Å². The number of sulfonamides is 1. The van der Waals surface area contributed by atoms with Crippen LogP contribution in [0.1, 0.15) is 41.1 Å². The van der Waals surface area contributed by atoms with Gasteiger partial charge in [-0.3, -0.25) is 0 Å². The summed E-state index contributed by atoms with van der Waals surface area (Å²) in [7, 11) is -4.02. The summed E-state index contributed by atoms with van der Waals surface area (Å²) in [5, 5.41) is 0.823. The van der Waals surface area contributed by atoms with Gasteiger partial charge in [-0.1, -0.05) is 48.0 Å². The van der Waals surface area contributed by atoms with Crippen molar-refractivity contribution in [1.29, 1.82) is 0 Å². The summed E-state index contributed by atoms with van der Waals surface area (Å²) in [6.45, 7) is 1.86.